The van der Waals surface area contributed by atoms with Gasteiger partial charge in [0.1, 0.15) is 6.04 Å². The number of methoxy groups -OCH3 is 2. The van der Waals surface area contributed by atoms with Gasteiger partial charge in [0.05, 0.1) is 38.0 Å². The number of ether oxygens (including phenoxy) is 2. The molecule has 0 aliphatic carbocycles. The van der Waals surface area contributed by atoms with Crippen molar-refractivity contribution in [1.82, 2.24) is 4.90 Å². The first-order valence-electron chi connectivity index (χ1n) is 11.5. The lowest BCUT2D eigenvalue weighted by Crippen LogP contribution is -2.46. The molecule has 0 spiro atoms. The first kappa shape index (κ1) is 25.7. The van der Waals surface area contributed by atoms with Crippen molar-refractivity contribution >= 4 is 35.0 Å². The Balaban J connectivity index is 1.67. The maximum atomic E-state index is 13.8. The fourth-order valence-corrected chi connectivity index (χ4v) is 4.50. The van der Waals surface area contributed by atoms with Crippen molar-refractivity contribution < 1.29 is 23.9 Å². The second-order valence-electron chi connectivity index (χ2n) is 8.39. The maximum absolute atomic E-state index is 13.8. The van der Waals surface area contributed by atoms with Crippen LogP contribution >= 0.6 is 11.6 Å². The number of nitriles is 1. The van der Waals surface area contributed by atoms with Gasteiger partial charge in [0, 0.05) is 17.1 Å². The summed E-state index contributed by atoms with van der Waals surface area (Å²) in [5.41, 5.74) is 1.94. The maximum Gasteiger partial charge on any atom is 0.257 e. The third kappa shape index (κ3) is 5.42. The van der Waals surface area contributed by atoms with Gasteiger partial charge >= 0.3 is 0 Å². The van der Waals surface area contributed by atoms with Crippen LogP contribution in [0.5, 0.6) is 11.5 Å². The molecule has 1 aliphatic heterocycles. The fraction of sp³-hybridized carbons (Fsp3) is 0.214. The minimum Gasteiger partial charge on any atom is -0.493 e. The van der Waals surface area contributed by atoms with E-state index in [-0.39, 0.29) is 13.0 Å². The number of halogens is 1. The number of carbonyl (C=O) groups is 3. The van der Waals surface area contributed by atoms with Gasteiger partial charge in [-0.15, -0.1) is 0 Å². The second-order valence-corrected chi connectivity index (χ2v) is 8.83. The summed E-state index contributed by atoms with van der Waals surface area (Å²) in [7, 11) is 2.97. The summed E-state index contributed by atoms with van der Waals surface area (Å²) < 4.78 is 10.6. The molecule has 1 heterocycles. The average molecular weight is 518 g/mol. The SMILES string of the molecule is COc1ccc(C(=O)N(CCc2cccc(Cl)c2)C2CC(=O)N(c3ccc(C#N)cc3)C2=O)cc1OC. The normalized spacial score (nSPS) is 14.9. The molecule has 37 heavy (non-hydrogen) atoms. The Morgan fingerprint density at radius 2 is 1.78 bits per heavy atom. The third-order valence-corrected chi connectivity index (χ3v) is 6.41. The predicted octanol–water partition coefficient (Wildman–Crippen LogP) is 4.25. The average Bonchev–Trinajstić information content (AvgIpc) is 3.21. The van der Waals surface area contributed by atoms with Crippen LogP contribution in [0, 0.1) is 11.3 Å². The highest BCUT2D eigenvalue weighted by Gasteiger charge is 2.44. The van der Waals surface area contributed by atoms with E-state index in [0.29, 0.717) is 39.8 Å². The van der Waals surface area contributed by atoms with Gasteiger partial charge in [0.2, 0.25) is 5.91 Å². The largest absolute Gasteiger partial charge is 0.493 e. The van der Waals surface area contributed by atoms with Gasteiger partial charge in [0.25, 0.3) is 11.8 Å². The van der Waals surface area contributed by atoms with Gasteiger partial charge in [-0.25, -0.2) is 4.90 Å². The van der Waals surface area contributed by atoms with Gasteiger partial charge < -0.3 is 14.4 Å². The Morgan fingerprint density at radius 1 is 1.05 bits per heavy atom. The van der Waals surface area contributed by atoms with E-state index in [0.717, 1.165) is 10.5 Å². The van der Waals surface area contributed by atoms with E-state index in [1.165, 1.54) is 31.3 Å². The molecule has 1 fully saturated rings. The van der Waals surface area contributed by atoms with Gasteiger partial charge in [-0.2, -0.15) is 5.26 Å². The van der Waals surface area contributed by atoms with E-state index in [1.807, 2.05) is 18.2 Å². The minimum absolute atomic E-state index is 0.159. The van der Waals surface area contributed by atoms with E-state index in [9.17, 15) is 14.4 Å². The van der Waals surface area contributed by atoms with Crippen LogP contribution in [0.1, 0.15) is 27.9 Å². The molecular weight excluding hydrogens is 494 g/mol. The highest BCUT2D eigenvalue weighted by molar-refractivity contribution is 6.30. The van der Waals surface area contributed by atoms with Crippen molar-refractivity contribution in [2.24, 2.45) is 0 Å². The molecule has 1 atom stereocenters. The zero-order valence-corrected chi connectivity index (χ0v) is 21.1. The lowest BCUT2D eigenvalue weighted by molar-refractivity contribution is -0.122. The lowest BCUT2D eigenvalue weighted by atomic mass is 10.1. The monoisotopic (exact) mass is 517 g/mol. The first-order chi connectivity index (χ1) is 17.9. The molecule has 0 aromatic heterocycles. The molecule has 0 radical (unpaired) electrons. The van der Waals surface area contributed by atoms with E-state index in [4.69, 9.17) is 26.3 Å². The van der Waals surface area contributed by atoms with Gasteiger partial charge in [-0.05, 0) is 66.6 Å². The topological polar surface area (TPSA) is 99.9 Å². The molecule has 0 saturated carbocycles. The van der Waals surface area contributed by atoms with Gasteiger partial charge in [-0.3, -0.25) is 14.4 Å². The van der Waals surface area contributed by atoms with Crippen LogP contribution in [0.4, 0.5) is 5.69 Å². The molecule has 3 aromatic rings. The molecule has 3 amide bonds. The number of carbonyl (C=O) groups excluding carboxylic acids is 3. The summed E-state index contributed by atoms with van der Waals surface area (Å²) in [6.45, 7) is 0.179. The Kier molecular flexibility index (Phi) is 7.75. The molecule has 188 valence electrons. The number of benzene rings is 3. The summed E-state index contributed by atoms with van der Waals surface area (Å²) in [6.07, 6.45) is 0.266. The van der Waals surface area contributed by atoms with Crippen molar-refractivity contribution in [2.45, 2.75) is 18.9 Å². The number of rotatable bonds is 8. The molecule has 1 unspecified atom stereocenters. The number of amides is 3. The second kappa shape index (κ2) is 11.1. The zero-order valence-electron chi connectivity index (χ0n) is 20.3. The van der Waals surface area contributed by atoms with Gasteiger partial charge in [0.15, 0.2) is 11.5 Å². The number of hydrogen-bond donors (Lipinski definition) is 0. The number of imide groups is 1. The van der Waals surface area contributed by atoms with Crippen LogP contribution in [-0.2, 0) is 16.0 Å². The summed E-state index contributed by atoms with van der Waals surface area (Å²) in [4.78, 5) is 42.7. The van der Waals surface area contributed by atoms with Gasteiger partial charge in [-0.1, -0.05) is 23.7 Å². The van der Waals surface area contributed by atoms with Crippen LogP contribution in [0.3, 0.4) is 0 Å². The Morgan fingerprint density at radius 3 is 2.43 bits per heavy atom. The van der Waals surface area contributed by atoms with Crippen molar-refractivity contribution in [2.75, 3.05) is 25.7 Å². The van der Waals surface area contributed by atoms with E-state index in [1.54, 1.807) is 42.5 Å². The zero-order chi connectivity index (χ0) is 26.5. The minimum atomic E-state index is -0.997. The van der Waals surface area contributed by atoms with E-state index >= 15 is 0 Å². The van der Waals surface area contributed by atoms with Crippen LogP contribution in [0.15, 0.2) is 66.7 Å². The Hall–Kier alpha value is -4.35. The number of anilines is 1. The molecule has 8 nitrogen and oxygen atoms in total. The van der Waals surface area contributed by atoms with E-state index < -0.39 is 23.8 Å². The lowest BCUT2D eigenvalue weighted by Gasteiger charge is -2.28. The number of nitrogens with zero attached hydrogens (tertiary/aromatic N) is 3. The number of hydrogen-bond acceptors (Lipinski definition) is 6. The highest BCUT2D eigenvalue weighted by Crippen LogP contribution is 2.31. The summed E-state index contributed by atoms with van der Waals surface area (Å²) in [5.74, 6) is -0.516. The summed E-state index contributed by atoms with van der Waals surface area (Å²) >= 11 is 6.13. The molecule has 1 saturated heterocycles. The van der Waals surface area contributed by atoms with Crippen LogP contribution < -0.4 is 14.4 Å². The van der Waals surface area contributed by atoms with Crippen LogP contribution in [0.25, 0.3) is 0 Å². The fourth-order valence-electron chi connectivity index (χ4n) is 4.29. The predicted molar refractivity (Wildman–Crippen MR) is 138 cm³/mol. The van der Waals surface area contributed by atoms with Crippen LogP contribution in [0.2, 0.25) is 5.02 Å². The molecule has 0 N–H and O–H groups in total. The molecule has 1 aliphatic rings. The van der Waals surface area contributed by atoms with E-state index in [2.05, 4.69) is 0 Å². The van der Waals surface area contributed by atoms with Crippen molar-refractivity contribution in [3.05, 3.63) is 88.4 Å². The molecule has 0 bridgehead atoms. The summed E-state index contributed by atoms with van der Waals surface area (Å²) in [6, 6.07) is 19.2. The smallest absolute Gasteiger partial charge is 0.257 e. The Bertz CT molecular complexity index is 1380. The molecule has 4 rings (SSSR count). The van der Waals surface area contributed by atoms with Crippen LogP contribution in [-0.4, -0.2) is 49.4 Å². The van der Waals surface area contributed by atoms with Crippen molar-refractivity contribution in [3.8, 4) is 17.6 Å². The molecule has 3 aromatic carbocycles. The quantitative estimate of drug-likeness (QED) is 0.414. The molecule has 9 heteroatoms. The Labute approximate surface area is 219 Å². The summed E-state index contributed by atoms with van der Waals surface area (Å²) in [5, 5.41) is 9.62. The first-order valence-corrected chi connectivity index (χ1v) is 11.9. The standard InChI is InChI=1S/C28H24ClN3O5/c1-36-24-11-8-20(15-25(24)37-2)27(34)31(13-12-18-4-3-5-21(29)14-18)23-16-26(33)32(28(23)35)22-9-6-19(17-30)7-10-22/h3-11,14-15,23H,12-13,16H2,1-2H3. The highest BCUT2D eigenvalue weighted by atomic mass is 35.5. The molecular formula is C28H24ClN3O5. The van der Waals surface area contributed by atoms with Crippen molar-refractivity contribution in [3.63, 3.8) is 0 Å². The third-order valence-electron chi connectivity index (χ3n) is 6.18. The van der Waals surface area contributed by atoms with Crippen molar-refractivity contribution in [1.29, 1.82) is 5.26 Å².